The van der Waals surface area contributed by atoms with Crippen molar-refractivity contribution in [2.45, 2.75) is 71.3 Å². The maximum Gasteiger partial charge on any atom is 0.258 e. The van der Waals surface area contributed by atoms with Gasteiger partial charge >= 0.3 is 0 Å². The number of nitrogens with one attached hydrogen (secondary N) is 1. The van der Waals surface area contributed by atoms with Gasteiger partial charge in [-0.25, -0.2) is 4.98 Å². The number of carbonyl (C=O) groups excluding carboxylic acids is 1. The van der Waals surface area contributed by atoms with E-state index in [9.17, 15) is 4.79 Å². The van der Waals surface area contributed by atoms with E-state index in [1.54, 1.807) is 0 Å². The van der Waals surface area contributed by atoms with Gasteiger partial charge in [-0.2, -0.15) is 4.98 Å². The van der Waals surface area contributed by atoms with E-state index in [1.807, 2.05) is 13.0 Å². The Morgan fingerprint density at radius 3 is 2.68 bits per heavy atom. The van der Waals surface area contributed by atoms with E-state index >= 15 is 0 Å². The van der Waals surface area contributed by atoms with Gasteiger partial charge in [0.1, 0.15) is 5.82 Å². The second kappa shape index (κ2) is 8.11. The van der Waals surface area contributed by atoms with E-state index in [0.717, 1.165) is 30.8 Å². The van der Waals surface area contributed by atoms with Gasteiger partial charge in [-0.15, -0.1) is 0 Å². The number of aromatic nitrogens is 2. The predicted molar refractivity (Wildman–Crippen MR) is 86.0 cm³/mol. The zero-order valence-corrected chi connectivity index (χ0v) is 13.9. The molecule has 0 aromatic carbocycles. The molecule has 2 rings (SSSR count). The average Bonchev–Trinajstić information content (AvgIpc) is 2.53. The van der Waals surface area contributed by atoms with Gasteiger partial charge in [0.15, 0.2) is 6.61 Å². The van der Waals surface area contributed by atoms with Crippen LogP contribution >= 0.6 is 0 Å². The molecule has 0 spiro atoms. The maximum absolute atomic E-state index is 12.0. The summed E-state index contributed by atoms with van der Waals surface area (Å²) in [6, 6.07) is 2.14. The van der Waals surface area contributed by atoms with Gasteiger partial charge in [-0.3, -0.25) is 4.79 Å². The van der Waals surface area contributed by atoms with Crippen LogP contribution in [0.25, 0.3) is 0 Å². The first-order valence-electron chi connectivity index (χ1n) is 8.38. The molecule has 0 saturated heterocycles. The fourth-order valence-corrected chi connectivity index (χ4v) is 2.68. The molecular formula is C17H27N3O2. The van der Waals surface area contributed by atoms with Crippen molar-refractivity contribution in [3.63, 3.8) is 0 Å². The number of hydrogen-bond donors (Lipinski definition) is 1. The molecule has 22 heavy (non-hydrogen) atoms. The topological polar surface area (TPSA) is 64.1 Å². The van der Waals surface area contributed by atoms with Crippen molar-refractivity contribution in [1.29, 1.82) is 0 Å². The molecule has 122 valence electrons. The standard InChI is InChI=1S/C17H27N3O2/c1-4-15-19-14(12(2)3)10-17(20-15)22-11-16(21)18-13-8-6-5-7-9-13/h10,12-13H,4-9,11H2,1-3H3,(H,18,21). The molecule has 1 amide bonds. The molecule has 1 heterocycles. The molecule has 0 bridgehead atoms. The lowest BCUT2D eigenvalue weighted by Crippen LogP contribution is -2.39. The summed E-state index contributed by atoms with van der Waals surface area (Å²) >= 11 is 0. The van der Waals surface area contributed by atoms with Gasteiger partial charge in [-0.05, 0) is 18.8 Å². The highest BCUT2D eigenvalue weighted by molar-refractivity contribution is 5.77. The summed E-state index contributed by atoms with van der Waals surface area (Å²) in [6.07, 6.45) is 6.60. The highest BCUT2D eigenvalue weighted by Crippen LogP contribution is 2.18. The minimum Gasteiger partial charge on any atom is -0.467 e. The van der Waals surface area contributed by atoms with Crippen LogP contribution in [0.5, 0.6) is 5.88 Å². The van der Waals surface area contributed by atoms with Crippen molar-refractivity contribution < 1.29 is 9.53 Å². The monoisotopic (exact) mass is 305 g/mol. The Hall–Kier alpha value is -1.65. The van der Waals surface area contributed by atoms with Crippen LogP contribution in [-0.2, 0) is 11.2 Å². The number of ether oxygens (including phenoxy) is 1. The summed E-state index contributed by atoms with van der Waals surface area (Å²) in [5.41, 5.74) is 0.953. The Labute approximate surface area is 132 Å². The Bertz CT molecular complexity index is 497. The highest BCUT2D eigenvalue weighted by atomic mass is 16.5. The molecule has 1 aliphatic rings. The lowest BCUT2D eigenvalue weighted by atomic mass is 9.95. The van der Waals surface area contributed by atoms with Gasteiger partial charge in [-0.1, -0.05) is 40.0 Å². The van der Waals surface area contributed by atoms with Crippen molar-refractivity contribution in [3.8, 4) is 5.88 Å². The predicted octanol–water partition coefficient (Wildman–Crippen LogP) is 2.99. The molecule has 0 radical (unpaired) electrons. The molecule has 0 atom stereocenters. The first kappa shape index (κ1) is 16.7. The first-order valence-corrected chi connectivity index (χ1v) is 8.38. The Morgan fingerprint density at radius 1 is 1.32 bits per heavy atom. The van der Waals surface area contributed by atoms with Gasteiger partial charge in [0, 0.05) is 18.5 Å². The van der Waals surface area contributed by atoms with Crippen LogP contribution in [0.15, 0.2) is 6.07 Å². The quantitative estimate of drug-likeness (QED) is 0.877. The zero-order chi connectivity index (χ0) is 15.9. The number of aryl methyl sites for hydroxylation is 1. The number of nitrogens with zero attached hydrogens (tertiary/aromatic N) is 2. The third kappa shape index (κ3) is 4.97. The third-order valence-electron chi connectivity index (χ3n) is 4.00. The molecular weight excluding hydrogens is 278 g/mol. The molecule has 1 aromatic heterocycles. The van der Waals surface area contributed by atoms with Crippen molar-refractivity contribution >= 4 is 5.91 Å². The van der Waals surface area contributed by atoms with E-state index in [-0.39, 0.29) is 12.5 Å². The van der Waals surface area contributed by atoms with Crippen LogP contribution in [0.2, 0.25) is 0 Å². The highest BCUT2D eigenvalue weighted by Gasteiger charge is 2.16. The third-order valence-corrected chi connectivity index (χ3v) is 4.00. The fourth-order valence-electron chi connectivity index (χ4n) is 2.68. The molecule has 0 aliphatic heterocycles. The number of carbonyl (C=O) groups is 1. The second-order valence-electron chi connectivity index (χ2n) is 6.25. The SMILES string of the molecule is CCc1nc(OCC(=O)NC2CCCCC2)cc(C(C)C)n1. The lowest BCUT2D eigenvalue weighted by molar-refractivity contribution is -0.124. The van der Waals surface area contributed by atoms with E-state index in [4.69, 9.17) is 4.74 Å². The van der Waals surface area contributed by atoms with E-state index < -0.39 is 0 Å². The van der Waals surface area contributed by atoms with Gasteiger partial charge in [0.2, 0.25) is 5.88 Å². The van der Waals surface area contributed by atoms with Crippen molar-refractivity contribution in [2.75, 3.05) is 6.61 Å². The van der Waals surface area contributed by atoms with Gasteiger partial charge in [0.05, 0.1) is 5.69 Å². The fraction of sp³-hybridized carbons (Fsp3) is 0.706. The van der Waals surface area contributed by atoms with Crippen molar-refractivity contribution in [3.05, 3.63) is 17.6 Å². The summed E-state index contributed by atoms with van der Waals surface area (Å²) < 4.78 is 5.58. The second-order valence-corrected chi connectivity index (χ2v) is 6.25. The first-order chi connectivity index (χ1) is 10.6. The maximum atomic E-state index is 12.0. The zero-order valence-electron chi connectivity index (χ0n) is 13.9. The van der Waals surface area contributed by atoms with Crippen molar-refractivity contribution in [2.24, 2.45) is 0 Å². The summed E-state index contributed by atoms with van der Waals surface area (Å²) in [7, 11) is 0. The largest absolute Gasteiger partial charge is 0.467 e. The summed E-state index contributed by atoms with van der Waals surface area (Å²) in [4.78, 5) is 20.8. The van der Waals surface area contributed by atoms with Crippen molar-refractivity contribution in [1.82, 2.24) is 15.3 Å². The van der Waals surface area contributed by atoms with Gasteiger partial charge in [0.25, 0.3) is 5.91 Å². The molecule has 1 aromatic rings. The molecule has 5 heteroatoms. The molecule has 1 N–H and O–H groups in total. The summed E-state index contributed by atoms with van der Waals surface area (Å²) in [6.45, 7) is 6.20. The van der Waals surface area contributed by atoms with E-state index in [0.29, 0.717) is 17.8 Å². The van der Waals surface area contributed by atoms with Gasteiger partial charge < -0.3 is 10.1 Å². The minimum atomic E-state index is -0.0605. The minimum absolute atomic E-state index is 0.0220. The van der Waals surface area contributed by atoms with E-state index in [1.165, 1.54) is 19.3 Å². The number of hydrogen-bond acceptors (Lipinski definition) is 4. The van der Waals surface area contributed by atoms with Crippen LogP contribution in [0.4, 0.5) is 0 Å². The Kier molecular flexibility index (Phi) is 6.16. The number of amides is 1. The Balaban J connectivity index is 1.89. The number of rotatable bonds is 6. The molecule has 5 nitrogen and oxygen atoms in total. The molecule has 0 unspecified atom stereocenters. The molecule has 1 aliphatic carbocycles. The van der Waals surface area contributed by atoms with Crippen LogP contribution in [0.1, 0.15) is 70.3 Å². The summed E-state index contributed by atoms with van der Waals surface area (Å²) in [5.74, 6) is 1.50. The normalized spacial score (nSPS) is 15.8. The van der Waals surface area contributed by atoms with Crippen LogP contribution in [0, 0.1) is 0 Å². The Morgan fingerprint density at radius 2 is 2.05 bits per heavy atom. The molecule has 1 fully saturated rings. The average molecular weight is 305 g/mol. The lowest BCUT2D eigenvalue weighted by Gasteiger charge is -2.22. The van der Waals surface area contributed by atoms with Crippen LogP contribution in [-0.4, -0.2) is 28.5 Å². The van der Waals surface area contributed by atoms with E-state index in [2.05, 4.69) is 29.1 Å². The van der Waals surface area contributed by atoms with Crippen LogP contribution in [0.3, 0.4) is 0 Å². The smallest absolute Gasteiger partial charge is 0.258 e. The summed E-state index contributed by atoms with van der Waals surface area (Å²) in [5, 5.41) is 3.05. The molecule has 1 saturated carbocycles. The van der Waals surface area contributed by atoms with Crippen LogP contribution < -0.4 is 10.1 Å².